The van der Waals surface area contributed by atoms with Gasteiger partial charge in [0.05, 0.1) is 11.1 Å². The van der Waals surface area contributed by atoms with Crippen molar-refractivity contribution in [3.05, 3.63) is 32.5 Å². The molecule has 0 radical (unpaired) electrons. The molecule has 0 atom stereocenters. The van der Waals surface area contributed by atoms with Gasteiger partial charge in [-0.2, -0.15) is 0 Å². The number of nitro groups is 1. The van der Waals surface area contributed by atoms with Crippen LogP contribution in [-0.2, 0) is 0 Å². The second-order valence-electron chi connectivity index (χ2n) is 2.43. The lowest BCUT2D eigenvalue weighted by molar-refractivity contribution is -0.389. The molecular formula is C7H7ClN2O2. The van der Waals surface area contributed by atoms with E-state index in [1.54, 1.807) is 13.8 Å². The molecule has 0 aliphatic carbocycles. The molecule has 0 aromatic carbocycles. The van der Waals surface area contributed by atoms with Crippen LogP contribution in [0.3, 0.4) is 0 Å². The number of rotatable bonds is 1. The van der Waals surface area contributed by atoms with Crippen molar-refractivity contribution in [1.29, 1.82) is 0 Å². The van der Waals surface area contributed by atoms with Gasteiger partial charge in [0.1, 0.15) is 0 Å². The van der Waals surface area contributed by atoms with Crippen molar-refractivity contribution in [2.75, 3.05) is 0 Å². The summed E-state index contributed by atoms with van der Waals surface area (Å²) in [6, 6.07) is 1.25. The highest BCUT2D eigenvalue weighted by atomic mass is 35.5. The fraction of sp³-hybridized carbons (Fsp3) is 0.286. The summed E-state index contributed by atoms with van der Waals surface area (Å²) in [4.78, 5) is 13.5. The van der Waals surface area contributed by atoms with E-state index in [1.165, 1.54) is 6.07 Å². The first kappa shape index (κ1) is 8.93. The Morgan fingerprint density at radius 2 is 2.17 bits per heavy atom. The van der Waals surface area contributed by atoms with E-state index in [4.69, 9.17) is 11.6 Å². The zero-order valence-electron chi connectivity index (χ0n) is 6.67. The predicted molar refractivity (Wildman–Crippen MR) is 45.4 cm³/mol. The zero-order chi connectivity index (χ0) is 9.30. The number of aromatic nitrogens is 1. The third-order valence-electron chi connectivity index (χ3n) is 1.63. The van der Waals surface area contributed by atoms with Crippen LogP contribution in [0.5, 0.6) is 0 Å². The molecule has 0 aliphatic heterocycles. The number of hydrogen-bond donors (Lipinski definition) is 0. The number of pyridine rings is 1. The molecule has 0 spiro atoms. The average molecular weight is 187 g/mol. The van der Waals surface area contributed by atoms with Crippen LogP contribution in [0.1, 0.15) is 11.3 Å². The van der Waals surface area contributed by atoms with E-state index < -0.39 is 4.92 Å². The lowest BCUT2D eigenvalue weighted by Gasteiger charge is -1.98. The monoisotopic (exact) mass is 186 g/mol. The molecule has 1 aromatic heterocycles. The van der Waals surface area contributed by atoms with Crippen LogP contribution in [0.2, 0.25) is 5.02 Å². The number of nitrogens with zero attached hydrogens (tertiary/aromatic N) is 2. The van der Waals surface area contributed by atoms with Crippen LogP contribution >= 0.6 is 11.6 Å². The van der Waals surface area contributed by atoms with Gasteiger partial charge in [-0.15, -0.1) is 0 Å². The van der Waals surface area contributed by atoms with E-state index in [2.05, 4.69) is 4.98 Å². The van der Waals surface area contributed by atoms with Gasteiger partial charge in [-0.3, -0.25) is 0 Å². The Hall–Kier alpha value is -1.16. The average Bonchev–Trinajstić information content (AvgIpc) is 1.99. The van der Waals surface area contributed by atoms with Gasteiger partial charge in [-0.05, 0) is 16.8 Å². The first-order chi connectivity index (χ1) is 5.52. The molecule has 0 unspecified atom stereocenters. The van der Waals surface area contributed by atoms with E-state index in [1.807, 2.05) is 0 Å². The van der Waals surface area contributed by atoms with Crippen LogP contribution in [0.15, 0.2) is 6.07 Å². The molecule has 0 N–H and O–H groups in total. The maximum Gasteiger partial charge on any atom is 0.365 e. The molecule has 0 bridgehead atoms. The molecule has 0 saturated carbocycles. The van der Waals surface area contributed by atoms with Crippen LogP contribution in [0.25, 0.3) is 0 Å². The number of hydrogen-bond acceptors (Lipinski definition) is 3. The summed E-state index contributed by atoms with van der Waals surface area (Å²) in [5, 5.41) is 10.7. The minimum Gasteiger partial charge on any atom is -0.358 e. The van der Waals surface area contributed by atoms with Gasteiger partial charge in [0.2, 0.25) is 0 Å². The van der Waals surface area contributed by atoms with Gasteiger partial charge in [0.15, 0.2) is 5.69 Å². The zero-order valence-corrected chi connectivity index (χ0v) is 7.42. The van der Waals surface area contributed by atoms with E-state index in [0.29, 0.717) is 10.7 Å². The summed E-state index contributed by atoms with van der Waals surface area (Å²) in [5.41, 5.74) is 1.37. The highest BCUT2D eigenvalue weighted by molar-refractivity contribution is 6.31. The van der Waals surface area contributed by atoms with Crippen LogP contribution < -0.4 is 0 Å². The first-order valence-electron chi connectivity index (χ1n) is 3.30. The Balaban J connectivity index is 3.31. The molecule has 0 fully saturated rings. The quantitative estimate of drug-likeness (QED) is 0.499. The molecule has 1 heterocycles. The Morgan fingerprint density at radius 1 is 1.58 bits per heavy atom. The van der Waals surface area contributed by atoms with Crippen LogP contribution in [0.4, 0.5) is 5.82 Å². The second-order valence-corrected chi connectivity index (χ2v) is 2.84. The van der Waals surface area contributed by atoms with E-state index >= 15 is 0 Å². The molecule has 1 rings (SSSR count). The molecular weight excluding hydrogens is 180 g/mol. The molecule has 5 heteroatoms. The normalized spacial score (nSPS) is 9.92. The van der Waals surface area contributed by atoms with Crippen LogP contribution in [-0.4, -0.2) is 9.91 Å². The minimum absolute atomic E-state index is 0.205. The van der Waals surface area contributed by atoms with Crippen molar-refractivity contribution < 1.29 is 4.92 Å². The minimum atomic E-state index is -0.557. The third-order valence-corrected chi connectivity index (χ3v) is 2.02. The molecule has 0 amide bonds. The third kappa shape index (κ3) is 1.53. The topological polar surface area (TPSA) is 56.0 Å². The number of aryl methyl sites for hydroxylation is 1. The molecule has 4 nitrogen and oxygen atoms in total. The predicted octanol–water partition coefficient (Wildman–Crippen LogP) is 2.26. The van der Waals surface area contributed by atoms with Crippen molar-refractivity contribution >= 4 is 17.4 Å². The maximum atomic E-state index is 10.3. The summed E-state index contributed by atoms with van der Waals surface area (Å²) in [5.74, 6) is -0.205. The van der Waals surface area contributed by atoms with Gasteiger partial charge in [0.25, 0.3) is 0 Å². The lowest BCUT2D eigenvalue weighted by Crippen LogP contribution is -1.96. The SMILES string of the molecule is Cc1nc([N+](=O)[O-])cc(Cl)c1C. The summed E-state index contributed by atoms with van der Waals surface area (Å²) in [7, 11) is 0. The molecule has 1 aromatic rings. The maximum absolute atomic E-state index is 10.3. The van der Waals surface area contributed by atoms with E-state index in [-0.39, 0.29) is 5.82 Å². The van der Waals surface area contributed by atoms with Crippen molar-refractivity contribution in [3.63, 3.8) is 0 Å². The second kappa shape index (κ2) is 3.06. The van der Waals surface area contributed by atoms with Gasteiger partial charge in [0, 0.05) is 12.5 Å². The van der Waals surface area contributed by atoms with E-state index in [9.17, 15) is 10.1 Å². The first-order valence-corrected chi connectivity index (χ1v) is 3.68. The fourth-order valence-electron chi connectivity index (χ4n) is 0.776. The summed E-state index contributed by atoms with van der Waals surface area (Å²) in [6.45, 7) is 3.46. The van der Waals surface area contributed by atoms with Gasteiger partial charge < -0.3 is 10.1 Å². The Morgan fingerprint density at radius 3 is 2.58 bits per heavy atom. The van der Waals surface area contributed by atoms with Crippen molar-refractivity contribution in [2.45, 2.75) is 13.8 Å². The van der Waals surface area contributed by atoms with Gasteiger partial charge >= 0.3 is 5.82 Å². The summed E-state index contributed by atoms with van der Waals surface area (Å²) >= 11 is 5.72. The summed E-state index contributed by atoms with van der Waals surface area (Å²) in [6.07, 6.45) is 0. The fourth-order valence-corrected chi connectivity index (χ4v) is 1.01. The summed E-state index contributed by atoms with van der Waals surface area (Å²) < 4.78 is 0. The van der Waals surface area contributed by atoms with Crippen molar-refractivity contribution in [1.82, 2.24) is 4.98 Å². The smallest absolute Gasteiger partial charge is 0.358 e. The highest BCUT2D eigenvalue weighted by Gasteiger charge is 2.13. The largest absolute Gasteiger partial charge is 0.365 e. The van der Waals surface area contributed by atoms with Crippen molar-refractivity contribution in [3.8, 4) is 0 Å². The molecule has 12 heavy (non-hydrogen) atoms. The standard InChI is InChI=1S/C7H7ClN2O2/c1-4-5(2)9-7(10(11)12)3-6(4)8/h3H,1-2H3. The van der Waals surface area contributed by atoms with Gasteiger partial charge in [-0.1, -0.05) is 11.6 Å². The molecule has 0 saturated heterocycles. The van der Waals surface area contributed by atoms with E-state index in [0.717, 1.165) is 5.56 Å². The highest BCUT2D eigenvalue weighted by Crippen LogP contribution is 2.21. The van der Waals surface area contributed by atoms with Crippen LogP contribution in [0, 0.1) is 24.0 Å². The number of halogens is 1. The van der Waals surface area contributed by atoms with Crippen molar-refractivity contribution in [2.24, 2.45) is 0 Å². The Labute approximate surface area is 74.3 Å². The Kier molecular flexibility index (Phi) is 2.28. The molecule has 64 valence electrons. The lowest BCUT2D eigenvalue weighted by atomic mass is 10.2. The molecule has 0 aliphatic rings. The van der Waals surface area contributed by atoms with Gasteiger partial charge in [-0.25, -0.2) is 0 Å². The Bertz CT molecular complexity index is 315.